The fourth-order valence-corrected chi connectivity index (χ4v) is 3.61. The summed E-state index contributed by atoms with van der Waals surface area (Å²) < 4.78 is 16.3. The molecule has 0 atom stereocenters. The van der Waals surface area contributed by atoms with E-state index in [-0.39, 0.29) is 12.7 Å². The number of nitrogens with one attached hydrogen (secondary N) is 1. The second-order valence-corrected chi connectivity index (χ2v) is 7.96. The first kappa shape index (κ1) is 17.8. The Labute approximate surface area is 168 Å². The molecule has 2 aromatic carbocycles. The van der Waals surface area contributed by atoms with Gasteiger partial charge in [-0.05, 0) is 54.7 Å². The van der Waals surface area contributed by atoms with Crippen LogP contribution in [-0.4, -0.2) is 17.9 Å². The molecule has 0 spiro atoms. The highest BCUT2D eigenvalue weighted by Crippen LogP contribution is 2.49. The first-order valence-corrected chi connectivity index (χ1v) is 9.84. The molecule has 1 fully saturated rings. The van der Waals surface area contributed by atoms with Crippen molar-refractivity contribution in [3.63, 3.8) is 0 Å². The first-order valence-electron chi connectivity index (χ1n) is 9.84. The van der Waals surface area contributed by atoms with Crippen LogP contribution < -0.4 is 14.8 Å². The third kappa shape index (κ3) is 3.14. The van der Waals surface area contributed by atoms with Gasteiger partial charge in [0.25, 0.3) is 0 Å². The van der Waals surface area contributed by atoms with Crippen LogP contribution in [0.1, 0.15) is 43.9 Å². The number of carbonyl (C=O) groups is 1. The molecule has 6 heteroatoms. The molecular formula is C23H22N2O4. The fourth-order valence-electron chi connectivity index (χ4n) is 3.61. The summed E-state index contributed by atoms with van der Waals surface area (Å²) in [7, 11) is 0. The molecule has 1 N–H and O–H groups in total. The molecule has 1 aromatic heterocycles. The highest BCUT2D eigenvalue weighted by Gasteiger charge is 2.53. The zero-order valence-electron chi connectivity index (χ0n) is 16.4. The van der Waals surface area contributed by atoms with Gasteiger partial charge >= 0.3 is 0 Å². The van der Waals surface area contributed by atoms with E-state index in [2.05, 4.69) is 24.3 Å². The molecule has 0 radical (unpaired) electrons. The largest absolute Gasteiger partial charge is 0.454 e. The number of ether oxygens (including phenoxy) is 2. The van der Waals surface area contributed by atoms with Gasteiger partial charge in [-0.15, -0.1) is 0 Å². The monoisotopic (exact) mass is 390 g/mol. The average molecular weight is 390 g/mol. The van der Waals surface area contributed by atoms with Gasteiger partial charge in [0.15, 0.2) is 17.3 Å². The Kier molecular flexibility index (Phi) is 4.08. The Balaban J connectivity index is 1.35. The van der Waals surface area contributed by atoms with Crippen LogP contribution in [0.5, 0.6) is 11.5 Å². The summed E-state index contributed by atoms with van der Waals surface area (Å²) in [6.45, 7) is 4.52. The number of carbonyl (C=O) groups excluding carboxylic acids is 1. The van der Waals surface area contributed by atoms with Crippen LogP contribution in [0.4, 0.5) is 5.69 Å². The lowest BCUT2D eigenvalue weighted by molar-refractivity contribution is -0.118. The molecule has 29 heavy (non-hydrogen) atoms. The molecule has 2 aliphatic rings. The van der Waals surface area contributed by atoms with E-state index in [4.69, 9.17) is 14.0 Å². The summed E-state index contributed by atoms with van der Waals surface area (Å²) in [5.41, 5.74) is 2.93. The van der Waals surface area contributed by atoms with Gasteiger partial charge in [-0.2, -0.15) is 0 Å². The predicted octanol–water partition coefficient (Wildman–Crippen LogP) is 4.86. The maximum absolute atomic E-state index is 13.0. The van der Waals surface area contributed by atoms with Crippen molar-refractivity contribution in [2.75, 3.05) is 12.1 Å². The van der Waals surface area contributed by atoms with Crippen molar-refractivity contribution in [1.29, 1.82) is 0 Å². The van der Waals surface area contributed by atoms with Crippen LogP contribution in [-0.2, 0) is 10.2 Å². The maximum Gasteiger partial charge on any atom is 0.236 e. The topological polar surface area (TPSA) is 73.6 Å². The van der Waals surface area contributed by atoms with Crippen molar-refractivity contribution >= 4 is 11.6 Å². The number of rotatable bonds is 5. The number of amides is 1. The van der Waals surface area contributed by atoms with Gasteiger partial charge in [-0.3, -0.25) is 4.79 Å². The van der Waals surface area contributed by atoms with Gasteiger partial charge in [0.2, 0.25) is 12.7 Å². The van der Waals surface area contributed by atoms with Crippen molar-refractivity contribution in [3.8, 4) is 22.8 Å². The quantitative estimate of drug-likeness (QED) is 0.673. The summed E-state index contributed by atoms with van der Waals surface area (Å²) in [4.78, 5) is 13.0. The number of fused-ring (bicyclic) bond motifs is 1. The van der Waals surface area contributed by atoms with Gasteiger partial charge in [0, 0.05) is 17.3 Å². The lowest BCUT2D eigenvalue weighted by Gasteiger charge is -2.13. The van der Waals surface area contributed by atoms with E-state index < -0.39 is 5.41 Å². The molecule has 0 unspecified atom stereocenters. The van der Waals surface area contributed by atoms with E-state index in [1.165, 1.54) is 5.56 Å². The molecule has 1 amide bonds. The van der Waals surface area contributed by atoms with Crippen LogP contribution >= 0.6 is 0 Å². The number of aromatic nitrogens is 1. The van der Waals surface area contributed by atoms with E-state index in [0.717, 1.165) is 29.8 Å². The molecule has 0 bridgehead atoms. The number of benzene rings is 2. The zero-order chi connectivity index (χ0) is 20.0. The predicted molar refractivity (Wildman–Crippen MR) is 108 cm³/mol. The van der Waals surface area contributed by atoms with Crippen LogP contribution in [0.25, 0.3) is 11.3 Å². The number of anilines is 1. The molecule has 6 nitrogen and oxygen atoms in total. The summed E-state index contributed by atoms with van der Waals surface area (Å²) in [5.74, 6) is 2.43. The minimum Gasteiger partial charge on any atom is -0.454 e. The van der Waals surface area contributed by atoms with Gasteiger partial charge in [-0.25, -0.2) is 0 Å². The van der Waals surface area contributed by atoms with Crippen LogP contribution in [0.15, 0.2) is 53.1 Å². The molecule has 1 aliphatic heterocycles. The smallest absolute Gasteiger partial charge is 0.236 e. The van der Waals surface area contributed by atoms with Crippen molar-refractivity contribution in [1.82, 2.24) is 5.16 Å². The molecule has 2 heterocycles. The molecular weight excluding hydrogens is 368 g/mol. The molecule has 5 rings (SSSR count). The number of hydrogen-bond donors (Lipinski definition) is 1. The Morgan fingerprint density at radius 3 is 2.52 bits per heavy atom. The third-order valence-corrected chi connectivity index (χ3v) is 5.68. The van der Waals surface area contributed by atoms with Crippen molar-refractivity contribution in [2.45, 2.75) is 38.0 Å². The Morgan fingerprint density at radius 2 is 1.79 bits per heavy atom. The van der Waals surface area contributed by atoms with E-state index in [1.807, 2.05) is 48.5 Å². The van der Waals surface area contributed by atoms with Crippen LogP contribution in [0.3, 0.4) is 0 Å². The number of hydrogen-bond acceptors (Lipinski definition) is 5. The lowest BCUT2D eigenvalue weighted by atomic mass is 9.99. The van der Waals surface area contributed by atoms with Crippen molar-refractivity contribution in [3.05, 3.63) is 59.8 Å². The average Bonchev–Trinajstić information content (AvgIpc) is 3.16. The van der Waals surface area contributed by atoms with E-state index in [9.17, 15) is 4.79 Å². The molecule has 3 aromatic rings. The zero-order valence-corrected chi connectivity index (χ0v) is 16.4. The van der Waals surface area contributed by atoms with Gasteiger partial charge in [0.1, 0.15) is 0 Å². The first-order chi connectivity index (χ1) is 14.0. The maximum atomic E-state index is 13.0. The van der Waals surface area contributed by atoms with E-state index >= 15 is 0 Å². The van der Waals surface area contributed by atoms with E-state index in [1.54, 1.807) is 0 Å². The Bertz CT molecular complexity index is 1060. The highest BCUT2D eigenvalue weighted by atomic mass is 16.7. The van der Waals surface area contributed by atoms with Crippen molar-refractivity contribution < 1.29 is 18.8 Å². The van der Waals surface area contributed by atoms with Gasteiger partial charge in [-0.1, -0.05) is 31.1 Å². The minimum absolute atomic E-state index is 0.0414. The minimum atomic E-state index is -0.616. The third-order valence-electron chi connectivity index (χ3n) is 5.68. The standard InChI is InChI=1S/C23H22N2O4/c1-14(2)15-3-6-17(7-4-15)24-22(26)23(9-10-23)21-12-19(29-25-21)16-5-8-18-20(11-16)28-13-27-18/h3-8,11-12,14H,9-10,13H2,1-2H3,(H,24,26). The molecule has 1 saturated carbocycles. The highest BCUT2D eigenvalue weighted by molar-refractivity contribution is 6.01. The van der Waals surface area contributed by atoms with Crippen molar-refractivity contribution in [2.24, 2.45) is 0 Å². The Morgan fingerprint density at radius 1 is 1.03 bits per heavy atom. The van der Waals surface area contributed by atoms with E-state index in [0.29, 0.717) is 23.1 Å². The van der Waals surface area contributed by atoms with Gasteiger partial charge < -0.3 is 19.3 Å². The second kappa shape index (κ2) is 6.65. The summed E-state index contributed by atoms with van der Waals surface area (Å²) in [5, 5.41) is 7.25. The van der Waals surface area contributed by atoms with Crippen LogP contribution in [0.2, 0.25) is 0 Å². The second-order valence-electron chi connectivity index (χ2n) is 7.96. The molecule has 1 aliphatic carbocycles. The SMILES string of the molecule is CC(C)c1ccc(NC(=O)C2(c3cc(-c4ccc5c(c4)OCO5)on3)CC2)cc1. The number of nitrogens with zero attached hydrogens (tertiary/aromatic N) is 1. The summed E-state index contributed by atoms with van der Waals surface area (Å²) >= 11 is 0. The molecule has 148 valence electrons. The Hall–Kier alpha value is -3.28. The van der Waals surface area contributed by atoms with Gasteiger partial charge in [0.05, 0.1) is 11.1 Å². The normalized spacial score (nSPS) is 16.1. The summed E-state index contributed by atoms with van der Waals surface area (Å²) in [6.07, 6.45) is 1.52. The molecule has 0 saturated heterocycles. The van der Waals surface area contributed by atoms with Crippen LogP contribution in [0, 0.1) is 0 Å². The fraction of sp³-hybridized carbons (Fsp3) is 0.304. The lowest BCUT2D eigenvalue weighted by Crippen LogP contribution is -2.28. The summed E-state index contributed by atoms with van der Waals surface area (Å²) in [6, 6.07) is 15.5.